The summed E-state index contributed by atoms with van der Waals surface area (Å²) < 4.78 is 5.62. The molecule has 1 aromatic carbocycles. The van der Waals surface area contributed by atoms with E-state index < -0.39 is 22.0 Å². The first-order valence-electron chi connectivity index (χ1n) is 7.89. The Morgan fingerprint density at radius 3 is 2.25 bits per heavy atom. The van der Waals surface area contributed by atoms with Crippen LogP contribution in [-0.2, 0) is 15.1 Å². The molecule has 1 atom stereocenters. The van der Waals surface area contributed by atoms with Gasteiger partial charge in [-0.05, 0) is 44.4 Å². The van der Waals surface area contributed by atoms with E-state index in [-0.39, 0.29) is 11.6 Å². The van der Waals surface area contributed by atoms with Crippen LogP contribution in [0.3, 0.4) is 0 Å². The molecule has 0 aliphatic heterocycles. The van der Waals surface area contributed by atoms with E-state index in [9.17, 15) is 14.9 Å². The monoisotopic (exact) mass is 334 g/mol. The van der Waals surface area contributed by atoms with E-state index in [4.69, 9.17) is 4.74 Å². The maximum Gasteiger partial charge on any atom is 0.331 e. The summed E-state index contributed by atoms with van der Waals surface area (Å²) in [7, 11) is 0. The Kier molecular flexibility index (Phi) is 6.26. The van der Waals surface area contributed by atoms with Crippen LogP contribution >= 0.6 is 0 Å². The summed E-state index contributed by atoms with van der Waals surface area (Å²) in [5.41, 5.74) is -1.16. The number of nitro benzene ring substituents is 1. The first-order chi connectivity index (χ1) is 11.0. The van der Waals surface area contributed by atoms with Crippen LogP contribution in [0.1, 0.15) is 40.2 Å². The van der Waals surface area contributed by atoms with Gasteiger partial charge in [-0.15, -0.1) is 6.58 Å². The number of carbonyl (C=O) groups excluding carboxylic acids is 1. The standard InChI is InChI=1S/C18H26N2O4/c1-7-12-19-18(13(2)3,16(21)24-17(4,5)6)14-8-10-15(11-9-14)20(22)23/h7-11,13,19H,1,12H2,2-6H3/t18-/m1/s1. The van der Waals surface area contributed by atoms with E-state index >= 15 is 0 Å². The van der Waals surface area contributed by atoms with E-state index in [1.807, 2.05) is 13.8 Å². The Labute approximate surface area is 143 Å². The number of carbonyl (C=O) groups is 1. The summed E-state index contributed by atoms with van der Waals surface area (Å²) >= 11 is 0. The number of nitrogens with one attached hydrogen (secondary N) is 1. The molecule has 0 aromatic heterocycles. The number of hydrogen-bond acceptors (Lipinski definition) is 5. The van der Waals surface area contributed by atoms with Crippen molar-refractivity contribution in [3.05, 3.63) is 52.6 Å². The van der Waals surface area contributed by atoms with Crippen molar-refractivity contribution in [3.63, 3.8) is 0 Å². The third-order valence-corrected chi connectivity index (χ3v) is 3.65. The van der Waals surface area contributed by atoms with E-state index in [0.29, 0.717) is 12.1 Å². The fraction of sp³-hybridized carbons (Fsp3) is 0.500. The van der Waals surface area contributed by atoms with Crippen molar-refractivity contribution in [3.8, 4) is 0 Å². The highest BCUT2D eigenvalue weighted by molar-refractivity contribution is 5.83. The highest BCUT2D eigenvalue weighted by Gasteiger charge is 2.45. The molecule has 0 aliphatic rings. The summed E-state index contributed by atoms with van der Waals surface area (Å²) in [6.45, 7) is 13.3. The Morgan fingerprint density at radius 1 is 1.33 bits per heavy atom. The third kappa shape index (κ3) is 4.41. The fourth-order valence-electron chi connectivity index (χ4n) is 2.50. The number of nitro groups is 1. The van der Waals surface area contributed by atoms with Gasteiger partial charge in [0.2, 0.25) is 0 Å². The summed E-state index contributed by atoms with van der Waals surface area (Å²) in [5.74, 6) is -0.561. The first-order valence-corrected chi connectivity index (χ1v) is 7.89. The summed E-state index contributed by atoms with van der Waals surface area (Å²) in [6, 6.07) is 5.98. The molecule has 132 valence electrons. The van der Waals surface area contributed by atoms with Crippen LogP contribution in [0.25, 0.3) is 0 Å². The first kappa shape index (κ1) is 19.8. The molecule has 0 saturated carbocycles. The molecule has 0 radical (unpaired) electrons. The molecule has 0 amide bonds. The molecule has 1 rings (SSSR count). The average molecular weight is 334 g/mol. The van der Waals surface area contributed by atoms with Gasteiger partial charge in [-0.25, -0.2) is 4.79 Å². The number of hydrogen-bond donors (Lipinski definition) is 1. The van der Waals surface area contributed by atoms with Crippen LogP contribution in [0, 0.1) is 16.0 Å². The second kappa shape index (κ2) is 7.57. The van der Waals surface area contributed by atoms with Gasteiger partial charge in [0.25, 0.3) is 5.69 Å². The van der Waals surface area contributed by atoms with Crippen LogP contribution in [0.5, 0.6) is 0 Å². The van der Waals surface area contributed by atoms with Crippen LogP contribution in [0.4, 0.5) is 5.69 Å². The molecule has 0 fully saturated rings. The van der Waals surface area contributed by atoms with E-state index in [1.54, 1.807) is 39.0 Å². The van der Waals surface area contributed by atoms with Crippen LogP contribution < -0.4 is 5.32 Å². The highest BCUT2D eigenvalue weighted by atomic mass is 16.6. The predicted octanol–water partition coefficient (Wildman–Crippen LogP) is 3.56. The zero-order chi connectivity index (χ0) is 18.5. The molecule has 1 N–H and O–H groups in total. The SMILES string of the molecule is C=CCN[C@@](C(=O)OC(C)(C)C)(c1ccc([N+](=O)[O-])cc1)C(C)C. The molecule has 0 heterocycles. The zero-order valence-corrected chi connectivity index (χ0v) is 15.0. The largest absolute Gasteiger partial charge is 0.458 e. The number of rotatable bonds is 7. The molecule has 0 bridgehead atoms. The summed E-state index contributed by atoms with van der Waals surface area (Å²) in [5, 5.41) is 14.1. The normalized spacial score (nSPS) is 14.1. The average Bonchev–Trinajstić information content (AvgIpc) is 2.46. The van der Waals surface area contributed by atoms with E-state index in [2.05, 4.69) is 11.9 Å². The Balaban J connectivity index is 3.41. The summed E-state index contributed by atoms with van der Waals surface area (Å²) in [4.78, 5) is 23.4. The van der Waals surface area contributed by atoms with Crippen LogP contribution in [0.15, 0.2) is 36.9 Å². The van der Waals surface area contributed by atoms with Crippen LogP contribution in [0.2, 0.25) is 0 Å². The van der Waals surface area contributed by atoms with Crippen molar-refractivity contribution in [2.75, 3.05) is 6.54 Å². The van der Waals surface area contributed by atoms with Gasteiger partial charge in [0.05, 0.1) is 4.92 Å². The zero-order valence-electron chi connectivity index (χ0n) is 15.0. The number of esters is 1. The second-order valence-electron chi connectivity index (χ2n) is 6.94. The Bertz CT molecular complexity index is 602. The van der Waals surface area contributed by atoms with Gasteiger partial charge >= 0.3 is 5.97 Å². The molecule has 6 heteroatoms. The number of ether oxygens (including phenoxy) is 1. The van der Waals surface area contributed by atoms with Crippen molar-refractivity contribution in [2.24, 2.45) is 5.92 Å². The maximum atomic E-state index is 13.0. The second-order valence-corrected chi connectivity index (χ2v) is 6.94. The molecule has 0 aliphatic carbocycles. The Hall–Kier alpha value is -2.21. The van der Waals surface area contributed by atoms with Gasteiger partial charge in [0, 0.05) is 18.7 Å². The third-order valence-electron chi connectivity index (χ3n) is 3.65. The fourth-order valence-corrected chi connectivity index (χ4v) is 2.50. The minimum absolute atomic E-state index is 0.0238. The minimum atomic E-state index is -1.11. The molecule has 6 nitrogen and oxygen atoms in total. The van der Waals surface area contributed by atoms with Gasteiger partial charge in [-0.2, -0.15) is 0 Å². The predicted molar refractivity (Wildman–Crippen MR) is 93.7 cm³/mol. The lowest BCUT2D eigenvalue weighted by molar-refractivity contribution is -0.384. The van der Waals surface area contributed by atoms with Crippen molar-refractivity contribution < 1.29 is 14.5 Å². The number of benzene rings is 1. The molecular weight excluding hydrogens is 308 g/mol. The topological polar surface area (TPSA) is 81.5 Å². The molecule has 24 heavy (non-hydrogen) atoms. The van der Waals surface area contributed by atoms with E-state index in [1.165, 1.54) is 12.1 Å². The van der Waals surface area contributed by atoms with Gasteiger partial charge < -0.3 is 4.74 Å². The van der Waals surface area contributed by atoms with Crippen molar-refractivity contribution in [2.45, 2.75) is 45.8 Å². The van der Waals surface area contributed by atoms with Gasteiger partial charge in [0.15, 0.2) is 0 Å². The van der Waals surface area contributed by atoms with Crippen molar-refractivity contribution in [1.82, 2.24) is 5.32 Å². The number of non-ortho nitro benzene ring substituents is 1. The van der Waals surface area contributed by atoms with Gasteiger partial charge in [-0.1, -0.05) is 19.9 Å². The number of nitrogens with zero attached hydrogens (tertiary/aromatic N) is 1. The van der Waals surface area contributed by atoms with Crippen molar-refractivity contribution in [1.29, 1.82) is 0 Å². The van der Waals surface area contributed by atoms with Gasteiger partial charge in [-0.3, -0.25) is 15.4 Å². The smallest absolute Gasteiger partial charge is 0.331 e. The molecule has 0 spiro atoms. The van der Waals surface area contributed by atoms with Crippen LogP contribution in [-0.4, -0.2) is 23.0 Å². The molecule has 1 aromatic rings. The highest BCUT2D eigenvalue weighted by Crippen LogP contribution is 2.33. The molecule has 0 unspecified atom stereocenters. The quantitative estimate of drug-likeness (QED) is 0.357. The summed E-state index contributed by atoms with van der Waals surface area (Å²) in [6.07, 6.45) is 1.66. The molecular formula is C18H26N2O4. The minimum Gasteiger partial charge on any atom is -0.458 e. The molecule has 0 saturated heterocycles. The van der Waals surface area contributed by atoms with E-state index in [0.717, 1.165) is 0 Å². The van der Waals surface area contributed by atoms with Crippen molar-refractivity contribution >= 4 is 11.7 Å². The lowest BCUT2D eigenvalue weighted by Crippen LogP contribution is -2.55. The lowest BCUT2D eigenvalue weighted by atomic mass is 9.79. The lowest BCUT2D eigenvalue weighted by Gasteiger charge is -2.38. The van der Waals surface area contributed by atoms with Gasteiger partial charge in [0.1, 0.15) is 11.1 Å². The maximum absolute atomic E-state index is 13.0. The Morgan fingerprint density at radius 2 is 1.88 bits per heavy atom.